The molecule has 0 bridgehead atoms. The second-order valence-electron chi connectivity index (χ2n) is 4.51. The minimum Gasteiger partial charge on any atom is -0.349 e. The highest BCUT2D eigenvalue weighted by Gasteiger charge is 2.02. The summed E-state index contributed by atoms with van der Waals surface area (Å²) in [4.78, 5) is 12.9. The standard InChI is InChI=1S/C13H27NO.C2H6/c1-4-5-6-7-8-9-10-11-12-13(15)14(2)3;1-2/h4-12H2,1-3H3;1-2H3. The highest BCUT2D eigenvalue weighted by molar-refractivity contribution is 5.75. The van der Waals surface area contributed by atoms with Crippen LogP contribution in [0.15, 0.2) is 0 Å². The molecule has 2 heteroatoms. The van der Waals surface area contributed by atoms with Crippen LogP contribution in [0.1, 0.15) is 78.6 Å². The van der Waals surface area contributed by atoms with E-state index < -0.39 is 0 Å². The van der Waals surface area contributed by atoms with Crippen LogP contribution < -0.4 is 0 Å². The summed E-state index contributed by atoms with van der Waals surface area (Å²) in [7, 11) is 3.65. The van der Waals surface area contributed by atoms with Gasteiger partial charge in [0.25, 0.3) is 0 Å². The molecular formula is C15H33NO. The van der Waals surface area contributed by atoms with Gasteiger partial charge >= 0.3 is 0 Å². The van der Waals surface area contributed by atoms with Crippen LogP contribution in [0.25, 0.3) is 0 Å². The number of nitrogens with zero attached hydrogens (tertiary/aromatic N) is 1. The first-order chi connectivity index (χ1) is 8.18. The first-order valence-corrected chi connectivity index (χ1v) is 7.38. The molecule has 0 aromatic carbocycles. The number of rotatable bonds is 9. The molecule has 0 aliphatic carbocycles. The fourth-order valence-electron chi connectivity index (χ4n) is 1.63. The van der Waals surface area contributed by atoms with Crippen LogP contribution in [0.5, 0.6) is 0 Å². The molecule has 0 aliphatic heterocycles. The lowest BCUT2D eigenvalue weighted by Gasteiger charge is -2.09. The largest absolute Gasteiger partial charge is 0.349 e. The second-order valence-corrected chi connectivity index (χ2v) is 4.51. The van der Waals surface area contributed by atoms with Crippen molar-refractivity contribution in [2.75, 3.05) is 14.1 Å². The highest BCUT2D eigenvalue weighted by atomic mass is 16.2. The summed E-state index contributed by atoms with van der Waals surface area (Å²) in [5.41, 5.74) is 0. The average Bonchev–Trinajstić information content (AvgIpc) is 2.34. The summed E-state index contributed by atoms with van der Waals surface area (Å²) in [6.07, 6.45) is 11.1. The number of unbranched alkanes of at least 4 members (excludes halogenated alkanes) is 7. The van der Waals surface area contributed by atoms with Crippen molar-refractivity contribution in [2.24, 2.45) is 0 Å². The molecule has 0 aromatic rings. The van der Waals surface area contributed by atoms with Gasteiger partial charge in [-0.3, -0.25) is 4.79 Å². The molecule has 0 aliphatic rings. The van der Waals surface area contributed by atoms with E-state index in [-0.39, 0.29) is 5.91 Å². The Morgan fingerprint density at radius 2 is 1.24 bits per heavy atom. The maximum absolute atomic E-state index is 11.2. The van der Waals surface area contributed by atoms with E-state index >= 15 is 0 Å². The summed E-state index contributed by atoms with van der Waals surface area (Å²) in [6, 6.07) is 0. The van der Waals surface area contributed by atoms with E-state index in [1.165, 1.54) is 44.9 Å². The minimum atomic E-state index is 0.265. The zero-order valence-corrected chi connectivity index (χ0v) is 12.7. The van der Waals surface area contributed by atoms with Crippen LogP contribution in [-0.2, 0) is 4.79 Å². The molecule has 0 spiro atoms. The van der Waals surface area contributed by atoms with Gasteiger partial charge in [0.05, 0.1) is 0 Å². The minimum absolute atomic E-state index is 0.265. The summed E-state index contributed by atoms with van der Waals surface area (Å²) in [6.45, 7) is 6.24. The smallest absolute Gasteiger partial charge is 0.222 e. The lowest BCUT2D eigenvalue weighted by atomic mass is 10.1. The molecule has 0 fully saturated rings. The van der Waals surface area contributed by atoms with Crippen LogP contribution in [-0.4, -0.2) is 24.9 Å². The molecule has 104 valence electrons. The maximum atomic E-state index is 11.2. The Hall–Kier alpha value is -0.530. The third kappa shape index (κ3) is 15.5. The number of hydrogen-bond donors (Lipinski definition) is 0. The Bertz CT molecular complexity index is 155. The number of hydrogen-bond acceptors (Lipinski definition) is 1. The Morgan fingerprint density at radius 1 is 0.824 bits per heavy atom. The SMILES string of the molecule is CC.CCCCCCCCCCC(=O)N(C)C. The van der Waals surface area contributed by atoms with Crippen LogP contribution >= 0.6 is 0 Å². The van der Waals surface area contributed by atoms with E-state index in [0.717, 1.165) is 12.8 Å². The van der Waals surface area contributed by atoms with Gasteiger partial charge in [-0.2, -0.15) is 0 Å². The topological polar surface area (TPSA) is 20.3 Å². The number of amides is 1. The average molecular weight is 243 g/mol. The molecule has 2 nitrogen and oxygen atoms in total. The van der Waals surface area contributed by atoms with Crippen molar-refractivity contribution in [1.29, 1.82) is 0 Å². The molecule has 0 saturated heterocycles. The number of carbonyl (C=O) groups is 1. The molecule has 0 rings (SSSR count). The lowest BCUT2D eigenvalue weighted by molar-refractivity contribution is -0.128. The maximum Gasteiger partial charge on any atom is 0.222 e. The predicted octanol–water partition coefficient (Wildman–Crippen LogP) is 4.63. The fraction of sp³-hybridized carbons (Fsp3) is 0.933. The van der Waals surface area contributed by atoms with E-state index in [1.54, 1.807) is 4.90 Å². The van der Waals surface area contributed by atoms with Crippen molar-refractivity contribution < 1.29 is 4.79 Å². The normalized spacial score (nSPS) is 9.47. The lowest BCUT2D eigenvalue weighted by Crippen LogP contribution is -2.20. The van der Waals surface area contributed by atoms with Crippen LogP contribution in [0, 0.1) is 0 Å². The van der Waals surface area contributed by atoms with Crippen molar-refractivity contribution in [3.05, 3.63) is 0 Å². The predicted molar refractivity (Wildman–Crippen MR) is 77.3 cm³/mol. The summed E-state index contributed by atoms with van der Waals surface area (Å²) >= 11 is 0. The molecule has 0 unspecified atom stereocenters. The summed E-state index contributed by atoms with van der Waals surface area (Å²) in [5.74, 6) is 0.265. The van der Waals surface area contributed by atoms with Crippen LogP contribution in [0.2, 0.25) is 0 Å². The van der Waals surface area contributed by atoms with E-state index in [0.29, 0.717) is 0 Å². The molecule has 0 N–H and O–H groups in total. The molecule has 17 heavy (non-hydrogen) atoms. The Labute approximate surface area is 109 Å². The molecule has 0 radical (unpaired) electrons. The highest BCUT2D eigenvalue weighted by Crippen LogP contribution is 2.09. The van der Waals surface area contributed by atoms with Gasteiger partial charge in [-0.05, 0) is 6.42 Å². The molecule has 0 heterocycles. The Kier molecular flexibility index (Phi) is 17.1. The molecule has 0 saturated carbocycles. The van der Waals surface area contributed by atoms with Gasteiger partial charge in [0.1, 0.15) is 0 Å². The van der Waals surface area contributed by atoms with Gasteiger partial charge < -0.3 is 4.90 Å². The zero-order valence-electron chi connectivity index (χ0n) is 12.7. The van der Waals surface area contributed by atoms with Gasteiger partial charge in [0.15, 0.2) is 0 Å². The van der Waals surface area contributed by atoms with Crippen molar-refractivity contribution in [1.82, 2.24) is 4.90 Å². The third-order valence-corrected chi connectivity index (χ3v) is 2.74. The summed E-state index contributed by atoms with van der Waals surface area (Å²) in [5, 5.41) is 0. The Morgan fingerprint density at radius 3 is 1.65 bits per heavy atom. The van der Waals surface area contributed by atoms with Gasteiger partial charge in [0.2, 0.25) is 5.91 Å². The van der Waals surface area contributed by atoms with E-state index in [2.05, 4.69) is 6.92 Å². The van der Waals surface area contributed by atoms with E-state index in [9.17, 15) is 4.79 Å². The van der Waals surface area contributed by atoms with Crippen molar-refractivity contribution >= 4 is 5.91 Å². The van der Waals surface area contributed by atoms with Crippen molar-refractivity contribution in [3.8, 4) is 0 Å². The van der Waals surface area contributed by atoms with Crippen LogP contribution in [0.3, 0.4) is 0 Å². The monoisotopic (exact) mass is 243 g/mol. The summed E-state index contributed by atoms with van der Waals surface area (Å²) < 4.78 is 0. The van der Waals surface area contributed by atoms with Crippen molar-refractivity contribution in [2.45, 2.75) is 78.6 Å². The second kappa shape index (κ2) is 15.5. The third-order valence-electron chi connectivity index (χ3n) is 2.74. The van der Waals surface area contributed by atoms with Gasteiger partial charge in [-0.25, -0.2) is 0 Å². The molecular weight excluding hydrogens is 210 g/mol. The molecule has 1 amide bonds. The zero-order chi connectivity index (χ0) is 13.5. The number of carbonyl (C=O) groups excluding carboxylic acids is 1. The van der Waals surface area contributed by atoms with Gasteiger partial charge in [0, 0.05) is 20.5 Å². The molecule has 0 aromatic heterocycles. The van der Waals surface area contributed by atoms with E-state index in [1.807, 2.05) is 27.9 Å². The quantitative estimate of drug-likeness (QED) is 0.541. The molecule has 0 atom stereocenters. The van der Waals surface area contributed by atoms with Crippen molar-refractivity contribution in [3.63, 3.8) is 0 Å². The van der Waals surface area contributed by atoms with Crippen LogP contribution in [0.4, 0.5) is 0 Å². The fourth-order valence-corrected chi connectivity index (χ4v) is 1.63. The first-order valence-electron chi connectivity index (χ1n) is 7.38. The first kappa shape index (κ1) is 18.8. The Balaban J connectivity index is 0. The van der Waals surface area contributed by atoms with Gasteiger partial charge in [-0.15, -0.1) is 0 Å². The van der Waals surface area contributed by atoms with E-state index in [4.69, 9.17) is 0 Å². The van der Waals surface area contributed by atoms with Gasteiger partial charge in [-0.1, -0.05) is 65.7 Å².